The van der Waals surface area contributed by atoms with Crippen molar-refractivity contribution in [3.8, 4) is 0 Å². The topological polar surface area (TPSA) is 121 Å². The number of nitro groups is 1. The third kappa shape index (κ3) is 5.64. The van der Waals surface area contributed by atoms with Gasteiger partial charge < -0.3 is 14.6 Å². The van der Waals surface area contributed by atoms with Crippen molar-refractivity contribution >= 4 is 40.6 Å². The second-order valence-electron chi connectivity index (χ2n) is 7.60. The average Bonchev–Trinajstić information content (AvgIpc) is 3.11. The van der Waals surface area contributed by atoms with E-state index in [2.05, 4.69) is 11.9 Å². The number of carbonyl (C=O) groups is 3. The molecule has 0 spiro atoms. The molecule has 0 bridgehead atoms. The minimum atomic E-state index is -0.802. The minimum Gasteiger partial charge on any atom is -0.454 e. The van der Waals surface area contributed by atoms with Gasteiger partial charge in [-0.1, -0.05) is 29.8 Å². The van der Waals surface area contributed by atoms with Gasteiger partial charge in [0, 0.05) is 35.6 Å². The van der Waals surface area contributed by atoms with E-state index in [9.17, 15) is 24.5 Å². The Balaban J connectivity index is 1.73. The Labute approximate surface area is 206 Å². The van der Waals surface area contributed by atoms with Gasteiger partial charge in [-0.25, -0.2) is 4.79 Å². The molecular weight excluding hydrogens is 474 g/mol. The highest BCUT2D eigenvalue weighted by Gasteiger charge is 2.21. The molecule has 35 heavy (non-hydrogen) atoms. The zero-order valence-corrected chi connectivity index (χ0v) is 19.8. The van der Waals surface area contributed by atoms with Gasteiger partial charge in [-0.15, -0.1) is 6.58 Å². The quantitative estimate of drug-likeness (QED) is 0.144. The summed E-state index contributed by atoms with van der Waals surface area (Å²) in [5, 5.41) is 13.3. The minimum absolute atomic E-state index is 0.00880. The van der Waals surface area contributed by atoms with E-state index in [1.165, 1.54) is 18.2 Å². The van der Waals surface area contributed by atoms with E-state index >= 15 is 0 Å². The van der Waals surface area contributed by atoms with Gasteiger partial charge >= 0.3 is 5.97 Å². The molecule has 180 valence electrons. The standard InChI is InChI=1S/C25H22ClN3O6/c1-4-11-28-15(2)12-20(16(28)3)23(30)14-35-25(32)19-7-5-6-8-22(19)27-24(31)18-10-9-17(29(33)34)13-21(18)26/h4-10,12-13H,1,11,14H2,2-3H3,(H,27,31). The lowest BCUT2D eigenvalue weighted by Crippen LogP contribution is -2.18. The highest BCUT2D eigenvalue weighted by Crippen LogP contribution is 2.25. The number of Topliss-reactive ketones (excluding diaryl/α,β-unsaturated/α-hetero) is 1. The number of amides is 1. The number of hydrogen-bond donors (Lipinski definition) is 1. The van der Waals surface area contributed by atoms with Crippen molar-refractivity contribution < 1.29 is 24.0 Å². The molecule has 1 N–H and O–H groups in total. The lowest BCUT2D eigenvalue weighted by molar-refractivity contribution is -0.384. The highest BCUT2D eigenvalue weighted by molar-refractivity contribution is 6.34. The first-order valence-corrected chi connectivity index (χ1v) is 10.8. The highest BCUT2D eigenvalue weighted by atomic mass is 35.5. The predicted octanol–water partition coefficient (Wildman–Crippen LogP) is 5.14. The number of nitrogens with one attached hydrogen (secondary N) is 1. The van der Waals surface area contributed by atoms with Crippen LogP contribution in [0.1, 0.15) is 42.5 Å². The number of nitro benzene ring substituents is 1. The first kappa shape index (κ1) is 25.4. The largest absolute Gasteiger partial charge is 0.454 e. The second-order valence-corrected chi connectivity index (χ2v) is 8.01. The van der Waals surface area contributed by atoms with Crippen LogP contribution in [0.15, 0.2) is 61.2 Å². The third-order valence-electron chi connectivity index (χ3n) is 5.32. The summed E-state index contributed by atoms with van der Waals surface area (Å²) in [4.78, 5) is 48.3. The van der Waals surface area contributed by atoms with Crippen LogP contribution in [-0.2, 0) is 11.3 Å². The maximum Gasteiger partial charge on any atom is 0.340 e. The summed E-state index contributed by atoms with van der Waals surface area (Å²) in [6.07, 6.45) is 1.73. The van der Waals surface area contributed by atoms with Crippen molar-refractivity contribution in [2.75, 3.05) is 11.9 Å². The van der Waals surface area contributed by atoms with Crippen molar-refractivity contribution in [3.63, 3.8) is 0 Å². The molecule has 0 saturated heterocycles. The Morgan fingerprint density at radius 1 is 1.11 bits per heavy atom. The van der Waals surface area contributed by atoms with Crippen molar-refractivity contribution in [3.05, 3.63) is 104 Å². The molecule has 9 nitrogen and oxygen atoms in total. The SMILES string of the molecule is C=CCn1c(C)cc(C(=O)COC(=O)c2ccccc2NC(=O)c2ccc([N+](=O)[O-])cc2Cl)c1C. The Morgan fingerprint density at radius 2 is 1.83 bits per heavy atom. The molecule has 0 unspecified atom stereocenters. The number of para-hydroxylation sites is 1. The summed E-state index contributed by atoms with van der Waals surface area (Å²) in [5.41, 5.74) is 1.98. The first-order chi connectivity index (χ1) is 16.6. The second kappa shape index (κ2) is 10.8. The van der Waals surface area contributed by atoms with Crippen LogP contribution in [0.4, 0.5) is 11.4 Å². The lowest BCUT2D eigenvalue weighted by Gasteiger charge is -2.11. The zero-order valence-electron chi connectivity index (χ0n) is 19.0. The number of allylic oxidation sites excluding steroid dienone is 1. The van der Waals surface area contributed by atoms with Gasteiger partial charge in [0.2, 0.25) is 5.78 Å². The molecule has 0 saturated carbocycles. The number of hydrogen-bond acceptors (Lipinski definition) is 6. The van der Waals surface area contributed by atoms with E-state index in [0.717, 1.165) is 23.5 Å². The Bertz CT molecular complexity index is 1340. The van der Waals surface area contributed by atoms with Crippen molar-refractivity contribution in [1.82, 2.24) is 4.57 Å². The number of rotatable bonds is 9. The lowest BCUT2D eigenvalue weighted by atomic mass is 10.1. The van der Waals surface area contributed by atoms with Gasteiger partial charge in [0.1, 0.15) is 0 Å². The van der Waals surface area contributed by atoms with Crippen LogP contribution in [-0.4, -0.2) is 33.8 Å². The van der Waals surface area contributed by atoms with Crippen LogP contribution in [0.3, 0.4) is 0 Å². The molecule has 10 heteroatoms. The fourth-order valence-corrected chi connectivity index (χ4v) is 3.80. The maximum atomic E-state index is 12.7. The Hall–Kier alpha value is -4.24. The van der Waals surface area contributed by atoms with Crippen LogP contribution in [0.2, 0.25) is 5.02 Å². The van der Waals surface area contributed by atoms with E-state index in [0.29, 0.717) is 12.1 Å². The molecule has 0 aliphatic carbocycles. The van der Waals surface area contributed by atoms with Gasteiger partial charge in [-0.2, -0.15) is 0 Å². The summed E-state index contributed by atoms with van der Waals surface area (Å²) in [7, 11) is 0. The number of carbonyl (C=O) groups excluding carboxylic acids is 3. The summed E-state index contributed by atoms with van der Waals surface area (Å²) in [6.45, 7) is 7.46. The van der Waals surface area contributed by atoms with E-state index < -0.39 is 23.4 Å². The van der Waals surface area contributed by atoms with E-state index in [-0.39, 0.29) is 33.3 Å². The van der Waals surface area contributed by atoms with Crippen LogP contribution >= 0.6 is 11.6 Å². The van der Waals surface area contributed by atoms with Crippen LogP contribution in [0, 0.1) is 24.0 Å². The number of non-ortho nitro benzene ring substituents is 1. The molecular formula is C25H22ClN3O6. The average molecular weight is 496 g/mol. The summed E-state index contributed by atoms with van der Waals surface area (Å²) in [5.74, 6) is -1.83. The van der Waals surface area contributed by atoms with Crippen molar-refractivity contribution in [2.45, 2.75) is 20.4 Å². The molecule has 1 heterocycles. The maximum absolute atomic E-state index is 12.7. The van der Waals surface area contributed by atoms with Gasteiger partial charge in [-0.3, -0.25) is 19.7 Å². The van der Waals surface area contributed by atoms with Gasteiger partial charge in [0.15, 0.2) is 6.61 Å². The molecule has 1 aromatic heterocycles. The molecule has 0 atom stereocenters. The van der Waals surface area contributed by atoms with Crippen LogP contribution < -0.4 is 5.32 Å². The summed E-state index contributed by atoms with van der Waals surface area (Å²) in [6, 6.07) is 11.3. The number of anilines is 1. The number of aryl methyl sites for hydroxylation is 1. The van der Waals surface area contributed by atoms with Crippen molar-refractivity contribution in [1.29, 1.82) is 0 Å². The van der Waals surface area contributed by atoms with Crippen LogP contribution in [0.25, 0.3) is 0 Å². The van der Waals surface area contributed by atoms with Crippen LogP contribution in [0.5, 0.6) is 0 Å². The molecule has 0 fully saturated rings. The molecule has 3 aromatic rings. The Morgan fingerprint density at radius 3 is 2.49 bits per heavy atom. The zero-order chi connectivity index (χ0) is 25.7. The number of halogens is 1. The monoisotopic (exact) mass is 495 g/mol. The number of ether oxygens (including phenoxy) is 1. The molecule has 0 aliphatic heterocycles. The summed E-state index contributed by atoms with van der Waals surface area (Å²) < 4.78 is 7.16. The number of benzene rings is 2. The van der Waals surface area contributed by atoms with E-state index in [1.54, 1.807) is 31.2 Å². The molecule has 3 rings (SSSR count). The normalized spacial score (nSPS) is 10.5. The molecule has 0 radical (unpaired) electrons. The predicted molar refractivity (Wildman–Crippen MR) is 131 cm³/mol. The van der Waals surface area contributed by atoms with E-state index in [1.807, 2.05) is 11.5 Å². The number of ketones is 1. The molecule has 2 aromatic carbocycles. The number of nitrogens with zero attached hydrogens (tertiary/aromatic N) is 2. The Kier molecular flexibility index (Phi) is 7.83. The third-order valence-corrected chi connectivity index (χ3v) is 5.64. The summed E-state index contributed by atoms with van der Waals surface area (Å²) >= 11 is 6.02. The molecule has 1 amide bonds. The fraction of sp³-hybridized carbons (Fsp3) is 0.160. The van der Waals surface area contributed by atoms with E-state index in [4.69, 9.17) is 16.3 Å². The number of esters is 1. The van der Waals surface area contributed by atoms with Gasteiger partial charge in [-0.05, 0) is 38.1 Å². The fourth-order valence-electron chi connectivity index (χ4n) is 3.54. The first-order valence-electron chi connectivity index (χ1n) is 10.5. The molecule has 0 aliphatic rings. The smallest absolute Gasteiger partial charge is 0.340 e. The van der Waals surface area contributed by atoms with Gasteiger partial charge in [0.05, 0.1) is 26.8 Å². The van der Waals surface area contributed by atoms with Crippen molar-refractivity contribution in [2.24, 2.45) is 0 Å². The van der Waals surface area contributed by atoms with Gasteiger partial charge in [0.25, 0.3) is 11.6 Å². The number of aromatic nitrogens is 1.